The molecule has 6 nitrogen and oxygen atoms in total. The van der Waals surface area contributed by atoms with Crippen LogP contribution in [-0.2, 0) is 11.3 Å². The third-order valence-electron chi connectivity index (χ3n) is 4.92. The number of fused-ring (bicyclic) bond motifs is 1. The lowest BCUT2D eigenvalue weighted by Crippen LogP contribution is -2.44. The van der Waals surface area contributed by atoms with Gasteiger partial charge in [-0.2, -0.15) is 0 Å². The van der Waals surface area contributed by atoms with Crippen LogP contribution in [0, 0.1) is 13.8 Å². The first-order chi connectivity index (χ1) is 11.1. The summed E-state index contributed by atoms with van der Waals surface area (Å²) in [6.07, 6.45) is 2.70. The Morgan fingerprint density at radius 3 is 2.57 bits per heavy atom. The molecule has 1 fully saturated rings. The van der Waals surface area contributed by atoms with Gasteiger partial charge in [0.1, 0.15) is 17.8 Å². The molecular weight excluding hydrogens is 290 g/mol. The van der Waals surface area contributed by atoms with Gasteiger partial charge in [-0.15, -0.1) is 0 Å². The Labute approximate surface area is 138 Å². The molecule has 126 valence electrons. The van der Waals surface area contributed by atoms with Gasteiger partial charge in [0, 0.05) is 52.1 Å². The first kappa shape index (κ1) is 16.2. The molecule has 6 heteroatoms. The Morgan fingerprint density at radius 2 is 1.87 bits per heavy atom. The molecule has 0 bridgehead atoms. The van der Waals surface area contributed by atoms with Crippen LogP contribution in [0.4, 0.5) is 5.82 Å². The zero-order valence-corrected chi connectivity index (χ0v) is 14.7. The second-order valence-corrected chi connectivity index (χ2v) is 6.39. The van der Waals surface area contributed by atoms with Crippen LogP contribution in [0.15, 0.2) is 6.33 Å². The van der Waals surface area contributed by atoms with Crippen molar-refractivity contribution < 1.29 is 4.74 Å². The highest BCUT2D eigenvalue weighted by Gasteiger charge is 2.22. The van der Waals surface area contributed by atoms with E-state index in [4.69, 9.17) is 4.74 Å². The molecule has 2 aromatic rings. The minimum atomic E-state index is 0.772. The summed E-state index contributed by atoms with van der Waals surface area (Å²) in [5, 5.41) is 1.21. The summed E-state index contributed by atoms with van der Waals surface area (Å²) in [6, 6.07) is 0. The Hall–Kier alpha value is -1.66. The van der Waals surface area contributed by atoms with Crippen molar-refractivity contribution >= 4 is 16.9 Å². The second kappa shape index (κ2) is 6.84. The molecule has 0 saturated carbocycles. The fraction of sp³-hybridized carbons (Fsp3) is 0.647. The van der Waals surface area contributed by atoms with Gasteiger partial charge >= 0.3 is 0 Å². The molecule has 0 unspecified atom stereocenters. The van der Waals surface area contributed by atoms with E-state index >= 15 is 0 Å². The molecule has 0 N–H and O–H groups in total. The number of ether oxygens (including phenoxy) is 1. The average Bonchev–Trinajstić information content (AvgIpc) is 2.81. The molecule has 0 aliphatic carbocycles. The lowest BCUT2D eigenvalue weighted by molar-refractivity contribution is 0.190. The molecule has 0 amide bonds. The van der Waals surface area contributed by atoms with Crippen LogP contribution in [0.2, 0.25) is 0 Å². The zero-order chi connectivity index (χ0) is 16.4. The van der Waals surface area contributed by atoms with E-state index in [-0.39, 0.29) is 0 Å². The van der Waals surface area contributed by atoms with Crippen molar-refractivity contribution in [2.24, 2.45) is 0 Å². The molecule has 2 aromatic heterocycles. The van der Waals surface area contributed by atoms with Gasteiger partial charge in [-0.3, -0.25) is 0 Å². The lowest BCUT2D eigenvalue weighted by atomic mass is 10.2. The van der Waals surface area contributed by atoms with E-state index in [1.54, 1.807) is 13.4 Å². The van der Waals surface area contributed by atoms with Crippen LogP contribution in [0.3, 0.4) is 0 Å². The molecule has 23 heavy (non-hydrogen) atoms. The SMILES string of the molecule is COCCCn1c(C)c(C)c2c(N3CCN(C)CC3)ncnc21. The van der Waals surface area contributed by atoms with E-state index in [1.165, 1.54) is 16.6 Å². The zero-order valence-electron chi connectivity index (χ0n) is 14.7. The first-order valence-electron chi connectivity index (χ1n) is 8.36. The van der Waals surface area contributed by atoms with Crippen LogP contribution in [0.25, 0.3) is 11.0 Å². The molecular formula is C17H27N5O. The van der Waals surface area contributed by atoms with Crippen LogP contribution in [0.5, 0.6) is 0 Å². The van der Waals surface area contributed by atoms with Gasteiger partial charge in [0.25, 0.3) is 0 Å². The summed E-state index contributed by atoms with van der Waals surface area (Å²) in [6.45, 7) is 10.3. The van der Waals surface area contributed by atoms with E-state index in [0.29, 0.717) is 0 Å². The maximum Gasteiger partial charge on any atom is 0.145 e. The summed E-state index contributed by atoms with van der Waals surface area (Å²) in [5.74, 6) is 1.09. The predicted octanol–water partition coefficient (Wildman–Crippen LogP) is 1.84. The van der Waals surface area contributed by atoms with Gasteiger partial charge in [-0.05, 0) is 32.9 Å². The largest absolute Gasteiger partial charge is 0.385 e. The Kier molecular flexibility index (Phi) is 4.82. The molecule has 0 atom stereocenters. The Bertz CT molecular complexity index is 673. The normalized spacial score (nSPS) is 16.4. The molecule has 3 rings (SSSR count). The molecule has 3 heterocycles. The highest BCUT2D eigenvalue weighted by atomic mass is 16.5. The maximum absolute atomic E-state index is 5.19. The van der Waals surface area contributed by atoms with E-state index < -0.39 is 0 Å². The average molecular weight is 317 g/mol. The topological polar surface area (TPSA) is 46.4 Å². The summed E-state index contributed by atoms with van der Waals surface area (Å²) in [4.78, 5) is 14.0. The molecule has 1 aliphatic rings. The highest BCUT2D eigenvalue weighted by molar-refractivity contribution is 5.92. The van der Waals surface area contributed by atoms with Crippen molar-refractivity contribution in [2.45, 2.75) is 26.8 Å². The van der Waals surface area contributed by atoms with Crippen LogP contribution < -0.4 is 4.90 Å². The summed E-state index contributed by atoms with van der Waals surface area (Å²) < 4.78 is 7.50. The highest BCUT2D eigenvalue weighted by Crippen LogP contribution is 2.31. The second-order valence-electron chi connectivity index (χ2n) is 6.39. The molecule has 0 radical (unpaired) electrons. The van der Waals surface area contributed by atoms with Gasteiger partial charge < -0.3 is 19.1 Å². The third-order valence-corrected chi connectivity index (χ3v) is 4.92. The maximum atomic E-state index is 5.19. The van der Waals surface area contributed by atoms with Crippen LogP contribution in [0.1, 0.15) is 17.7 Å². The number of aryl methyl sites for hydroxylation is 2. The van der Waals surface area contributed by atoms with Crippen molar-refractivity contribution in [3.63, 3.8) is 0 Å². The third kappa shape index (κ3) is 3.05. The summed E-state index contributed by atoms with van der Waals surface area (Å²) in [5.41, 5.74) is 3.64. The number of nitrogens with zero attached hydrogens (tertiary/aromatic N) is 5. The quantitative estimate of drug-likeness (QED) is 0.788. The van der Waals surface area contributed by atoms with Crippen molar-refractivity contribution in [3.8, 4) is 0 Å². The molecule has 0 spiro atoms. The number of anilines is 1. The fourth-order valence-corrected chi connectivity index (χ4v) is 3.35. The van der Waals surface area contributed by atoms with Gasteiger partial charge in [0.2, 0.25) is 0 Å². The van der Waals surface area contributed by atoms with Gasteiger partial charge in [-0.25, -0.2) is 9.97 Å². The molecule has 1 saturated heterocycles. The Morgan fingerprint density at radius 1 is 1.13 bits per heavy atom. The smallest absolute Gasteiger partial charge is 0.145 e. The first-order valence-corrected chi connectivity index (χ1v) is 8.36. The van der Waals surface area contributed by atoms with E-state index in [9.17, 15) is 0 Å². The number of rotatable bonds is 5. The number of methoxy groups -OCH3 is 1. The minimum Gasteiger partial charge on any atom is -0.385 e. The lowest BCUT2D eigenvalue weighted by Gasteiger charge is -2.33. The molecule has 1 aliphatic heterocycles. The minimum absolute atomic E-state index is 0.772. The Balaban J connectivity index is 1.99. The number of hydrogen-bond donors (Lipinski definition) is 0. The fourth-order valence-electron chi connectivity index (χ4n) is 3.35. The van der Waals surface area contributed by atoms with Crippen molar-refractivity contribution in [1.82, 2.24) is 19.4 Å². The van der Waals surface area contributed by atoms with Gasteiger partial charge in [-0.1, -0.05) is 0 Å². The molecule has 0 aromatic carbocycles. The van der Waals surface area contributed by atoms with Crippen LogP contribution >= 0.6 is 0 Å². The number of hydrogen-bond acceptors (Lipinski definition) is 5. The number of aromatic nitrogens is 3. The van der Waals surface area contributed by atoms with E-state index in [0.717, 1.165) is 57.2 Å². The number of likely N-dealkylation sites (N-methyl/N-ethyl adjacent to an activating group) is 1. The van der Waals surface area contributed by atoms with Crippen molar-refractivity contribution in [3.05, 3.63) is 17.6 Å². The number of piperazine rings is 1. The summed E-state index contributed by atoms with van der Waals surface area (Å²) >= 11 is 0. The summed E-state index contributed by atoms with van der Waals surface area (Å²) in [7, 11) is 3.92. The van der Waals surface area contributed by atoms with Gasteiger partial charge in [0.05, 0.1) is 5.39 Å². The van der Waals surface area contributed by atoms with E-state index in [1.807, 2.05) is 0 Å². The van der Waals surface area contributed by atoms with Crippen molar-refractivity contribution in [2.75, 3.05) is 51.8 Å². The monoisotopic (exact) mass is 317 g/mol. The standard InChI is InChI=1S/C17H27N5O/c1-13-14(2)22(6-5-11-23-4)17-15(13)16(18-12-19-17)21-9-7-20(3)8-10-21/h12H,5-11H2,1-4H3. The van der Waals surface area contributed by atoms with Crippen molar-refractivity contribution in [1.29, 1.82) is 0 Å². The van der Waals surface area contributed by atoms with E-state index in [2.05, 4.69) is 45.2 Å². The van der Waals surface area contributed by atoms with Gasteiger partial charge in [0.15, 0.2) is 0 Å². The van der Waals surface area contributed by atoms with Crippen LogP contribution in [-0.4, -0.2) is 66.4 Å². The predicted molar refractivity (Wildman–Crippen MR) is 93.2 cm³/mol.